The van der Waals surface area contributed by atoms with Gasteiger partial charge in [-0.3, -0.25) is 4.79 Å². The molecule has 0 radical (unpaired) electrons. The Bertz CT molecular complexity index is 767. The molecule has 2 aromatic rings. The van der Waals surface area contributed by atoms with Crippen LogP contribution < -0.4 is 14.2 Å². The van der Waals surface area contributed by atoms with Crippen molar-refractivity contribution in [1.82, 2.24) is 0 Å². The molecule has 5 heteroatoms. The lowest BCUT2D eigenvalue weighted by molar-refractivity contribution is -0.136. The second-order valence-corrected chi connectivity index (χ2v) is 6.22. The Morgan fingerprint density at radius 2 is 1.69 bits per heavy atom. The van der Waals surface area contributed by atoms with E-state index in [9.17, 15) is 4.79 Å². The molecule has 0 aromatic heterocycles. The van der Waals surface area contributed by atoms with Crippen LogP contribution in [0.15, 0.2) is 30.3 Å². The maximum absolute atomic E-state index is 10.8. The molecule has 140 valence electrons. The summed E-state index contributed by atoms with van der Waals surface area (Å²) in [5.74, 6) is 1.36. The van der Waals surface area contributed by atoms with E-state index >= 15 is 0 Å². The van der Waals surface area contributed by atoms with Crippen LogP contribution in [0.2, 0.25) is 0 Å². The number of aryl methyl sites for hydroxylation is 3. The first-order chi connectivity index (χ1) is 12.4. The zero-order valence-corrected chi connectivity index (χ0v) is 15.8. The number of aliphatic carboxylic acids is 1. The molecule has 0 aliphatic carbocycles. The summed E-state index contributed by atoms with van der Waals surface area (Å²) in [5, 5.41) is 8.90. The zero-order valence-electron chi connectivity index (χ0n) is 15.8. The monoisotopic (exact) mass is 358 g/mol. The number of carbonyl (C=O) groups is 1. The van der Waals surface area contributed by atoms with Gasteiger partial charge in [-0.1, -0.05) is 18.2 Å². The minimum absolute atomic E-state index is 0.0564. The van der Waals surface area contributed by atoms with Crippen LogP contribution in [-0.2, 0) is 11.2 Å². The molecule has 26 heavy (non-hydrogen) atoms. The predicted molar refractivity (Wildman–Crippen MR) is 101 cm³/mol. The van der Waals surface area contributed by atoms with Crippen molar-refractivity contribution in [3.05, 3.63) is 52.6 Å². The van der Waals surface area contributed by atoms with Crippen LogP contribution in [0.4, 0.5) is 0 Å². The molecule has 0 amide bonds. The van der Waals surface area contributed by atoms with E-state index in [1.807, 2.05) is 26.0 Å². The summed E-state index contributed by atoms with van der Waals surface area (Å²) in [7, 11) is 1.59. The molecule has 0 spiro atoms. The topological polar surface area (TPSA) is 65.0 Å². The summed E-state index contributed by atoms with van der Waals surface area (Å²) in [6.45, 7) is 6.89. The van der Waals surface area contributed by atoms with E-state index in [1.165, 1.54) is 5.56 Å². The second kappa shape index (κ2) is 9.13. The maximum atomic E-state index is 10.8. The van der Waals surface area contributed by atoms with Crippen molar-refractivity contribution < 1.29 is 24.1 Å². The van der Waals surface area contributed by atoms with Gasteiger partial charge in [0, 0.05) is 12.5 Å². The van der Waals surface area contributed by atoms with Crippen LogP contribution in [0.1, 0.15) is 28.7 Å². The lowest BCUT2D eigenvalue weighted by Gasteiger charge is -2.16. The van der Waals surface area contributed by atoms with Gasteiger partial charge in [0.2, 0.25) is 0 Å². The Labute approximate surface area is 154 Å². The van der Waals surface area contributed by atoms with Crippen LogP contribution in [0.3, 0.4) is 0 Å². The number of methoxy groups -OCH3 is 1. The number of benzene rings is 2. The molecule has 2 rings (SSSR count). The van der Waals surface area contributed by atoms with E-state index in [4.69, 9.17) is 19.3 Å². The van der Waals surface area contributed by atoms with Crippen molar-refractivity contribution in [2.24, 2.45) is 0 Å². The molecule has 0 saturated heterocycles. The van der Waals surface area contributed by atoms with E-state index in [0.717, 1.165) is 22.4 Å². The number of ether oxygens (including phenoxy) is 3. The summed E-state index contributed by atoms with van der Waals surface area (Å²) in [6.07, 6.45) is 0.465. The third-order valence-corrected chi connectivity index (χ3v) is 4.34. The van der Waals surface area contributed by atoms with E-state index in [-0.39, 0.29) is 6.42 Å². The first-order valence-corrected chi connectivity index (χ1v) is 8.63. The Hall–Kier alpha value is -2.69. The van der Waals surface area contributed by atoms with Gasteiger partial charge in [-0.25, -0.2) is 0 Å². The molecular formula is C21H26O5. The van der Waals surface area contributed by atoms with Crippen molar-refractivity contribution >= 4 is 5.97 Å². The van der Waals surface area contributed by atoms with Crippen LogP contribution in [0.25, 0.3) is 0 Å². The minimum Gasteiger partial charge on any atom is -0.497 e. The Morgan fingerprint density at radius 3 is 2.38 bits per heavy atom. The quantitative estimate of drug-likeness (QED) is 0.684. The van der Waals surface area contributed by atoms with Crippen LogP contribution >= 0.6 is 0 Å². The average molecular weight is 358 g/mol. The van der Waals surface area contributed by atoms with E-state index in [1.54, 1.807) is 19.2 Å². The van der Waals surface area contributed by atoms with Gasteiger partial charge in [-0.2, -0.15) is 0 Å². The average Bonchev–Trinajstić information content (AvgIpc) is 2.62. The summed E-state index contributed by atoms with van der Waals surface area (Å²) >= 11 is 0. The fraction of sp³-hybridized carbons (Fsp3) is 0.381. The van der Waals surface area contributed by atoms with Crippen molar-refractivity contribution in [3.63, 3.8) is 0 Å². The fourth-order valence-electron chi connectivity index (χ4n) is 2.69. The van der Waals surface area contributed by atoms with Gasteiger partial charge < -0.3 is 19.3 Å². The number of hydrogen-bond acceptors (Lipinski definition) is 4. The van der Waals surface area contributed by atoms with Gasteiger partial charge in [0.15, 0.2) is 0 Å². The van der Waals surface area contributed by atoms with E-state index < -0.39 is 5.97 Å². The number of carboxylic acid groups (broad SMARTS) is 1. The molecule has 0 heterocycles. The lowest BCUT2D eigenvalue weighted by atomic mass is 10.1. The van der Waals surface area contributed by atoms with Gasteiger partial charge >= 0.3 is 5.97 Å². The number of rotatable bonds is 9. The Morgan fingerprint density at radius 1 is 1.00 bits per heavy atom. The number of carboxylic acids is 1. The van der Waals surface area contributed by atoms with Crippen molar-refractivity contribution in [1.29, 1.82) is 0 Å². The van der Waals surface area contributed by atoms with Gasteiger partial charge in [-0.05, 0) is 55.5 Å². The normalized spacial score (nSPS) is 10.5. The summed E-state index contributed by atoms with van der Waals surface area (Å²) < 4.78 is 17.0. The molecule has 2 aromatic carbocycles. The first kappa shape index (κ1) is 19.6. The van der Waals surface area contributed by atoms with Crippen LogP contribution in [0, 0.1) is 20.8 Å². The molecule has 0 saturated carbocycles. The standard InChI is InChI=1S/C21H26O5/c1-14-5-6-15(2)21(16(14)3)26-12-11-25-19-13-18(24-4)9-7-17(19)8-10-20(22)23/h5-7,9,13H,8,10-12H2,1-4H3,(H,22,23). The maximum Gasteiger partial charge on any atom is 0.303 e. The molecular weight excluding hydrogens is 332 g/mol. The largest absolute Gasteiger partial charge is 0.497 e. The highest BCUT2D eigenvalue weighted by molar-refractivity contribution is 5.67. The first-order valence-electron chi connectivity index (χ1n) is 8.63. The molecule has 0 aliphatic heterocycles. The number of hydrogen-bond donors (Lipinski definition) is 1. The highest BCUT2D eigenvalue weighted by atomic mass is 16.5. The molecule has 0 atom stereocenters. The lowest BCUT2D eigenvalue weighted by Crippen LogP contribution is -2.12. The van der Waals surface area contributed by atoms with Gasteiger partial charge in [0.05, 0.1) is 7.11 Å². The molecule has 5 nitrogen and oxygen atoms in total. The SMILES string of the molecule is COc1ccc(CCC(=O)O)c(OCCOc2c(C)ccc(C)c2C)c1. The second-order valence-electron chi connectivity index (χ2n) is 6.22. The van der Waals surface area contributed by atoms with E-state index in [0.29, 0.717) is 31.1 Å². The van der Waals surface area contributed by atoms with Gasteiger partial charge in [0.25, 0.3) is 0 Å². The molecule has 0 aliphatic rings. The summed E-state index contributed by atoms with van der Waals surface area (Å²) in [5.41, 5.74) is 4.26. The third kappa shape index (κ3) is 5.15. The van der Waals surface area contributed by atoms with Gasteiger partial charge in [-0.15, -0.1) is 0 Å². The highest BCUT2D eigenvalue weighted by Gasteiger charge is 2.10. The smallest absolute Gasteiger partial charge is 0.303 e. The Kier molecular flexibility index (Phi) is 6.89. The predicted octanol–water partition coefficient (Wildman–Crippen LogP) is 4.10. The zero-order chi connectivity index (χ0) is 19.1. The third-order valence-electron chi connectivity index (χ3n) is 4.34. The van der Waals surface area contributed by atoms with Crippen molar-refractivity contribution in [3.8, 4) is 17.2 Å². The minimum atomic E-state index is -0.833. The van der Waals surface area contributed by atoms with Crippen molar-refractivity contribution in [2.75, 3.05) is 20.3 Å². The van der Waals surface area contributed by atoms with Crippen LogP contribution in [0.5, 0.6) is 17.2 Å². The molecule has 0 fully saturated rings. The van der Waals surface area contributed by atoms with Crippen LogP contribution in [-0.4, -0.2) is 31.4 Å². The molecule has 0 unspecified atom stereocenters. The van der Waals surface area contributed by atoms with Gasteiger partial charge in [0.1, 0.15) is 30.5 Å². The molecule has 1 N–H and O–H groups in total. The van der Waals surface area contributed by atoms with Crippen molar-refractivity contribution in [2.45, 2.75) is 33.6 Å². The molecule has 0 bridgehead atoms. The fourth-order valence-corrected chi connectivity index (χ4v) is 2.69. The summed E-state index contributed by atoms with van der Waals surface area (Å²) in [4.78, 5) is 10.8. The highest BCUT2D eigenvalue weighted by Crippen LogP contribution is 2.27. The summed E-state index contributed by atoms with van der Waals surface area (Å²) in [6, 6.07) is 9.55. The van der Waals surface area contributed by atoms with E-state index in [2.05, 4.69) is 13.0 Å². The Balaban J connectivity index is 2.00.